The van der Waals surface area contributed by atoms with Crippen molar-refractivity contribution in [3.8, 4) is 11.5 Å². The van der Waals surface area contributed by atoms with Gasteiger partial charge in [-0.25, -0.2) is 15.0 Å². The van der Waals surface area contributed by atoms with Crippen LogP contribution in [0, 0.1) is 0 Å². The molecule has 0 saturated carbocycles. The van der Waals surface area contributed by atoms with Gasteiger partial charge in [0.25, 0.3) is 16.6 Å². The van der Waals surface area contributed by atoms with Gasteiger partial charge in [-0.3, -0.25) is 4.57 Å². The monoisotopic (exact) mass is 865 g/mol. The van der Waals surface area contributed by atoms with E-state index in [0.717, 1.165) is 28.0 Å². The molecule has 14 heteroatoms. The van der Waals surface area contributed by atoms with E-state index in [2.05, 4.69) is 171 Å². The van der Waals surface area contributed by atoms with Crippen molar-refractivity contribution in [3.63, 3.8) is 0 Å². The number of hydrogen-bond donors (Lipinski definition) is 1. The van der Waals surface area contributed by atoms with Crippen molar-refractivity contribution in [1.82, 2.24) is 19.5 Å². The molecule has 1 aliphatic heterocycles. The molecule has 4 aromatic rings. The van der Waals surface area contributed by atoms with Gasteiger partial charge in [0.2, 0.25) is 0 Å². The quantitative estimate of drug-likeness (QED) is 0.139. The topological polar surface area (TPSA) is 102 Å². The van der Waals surface area contributed by atoms with E-state index in [4.69, 9.17) is 37.4 Å². The third-order valence-electron chi connectivity index (χ3n) is 14.1. The van der Waals surface area contributed by atoms with Gasteiger partial charge in [-0.2, -0.15) is 0 Å². The van der Waals surface area contributed by atoms with Crippen LogP contribution in [0.15, 0.2) is 43.0 Å². The van der Waals surface area contributed by atoms with E-state index >= 15 is 0 Å². The molecular formula is C44H75N5O5Si4. The lowest BCUT2D eigenvalue weighted by atomic mass is 10.1. The Morgan fingerprint density at radius 2 is 1.26 bits per heavy atom. The molecule has 1 saturated heterocycles. The standard InChI is InChI=1S/C44H75N5O5Si4/c1-41(2,3)55(13,14)50-27-35-33(52-56(15,16)42(4,5)6)26-36(51-35)49-29-47-37-39(45-28-46-40(37)49)48-32-25-34(53-57(17,18)43(7,8)9)38(31-24-22-21-23-30(31)32)54-58(19,20)44(10,11)12/h21-25,28-29,33,35-36H,26-27H2,1-20H3,(H,45,46,48)/t33-,35+,36+/m0/s1. The molecule has 322 valence electrons. The van der Waals surface area contributed by atoms with Crippen molar-refractivity contribution in [1.29, 1.82) is 0 Å². The Hall–Kier alpha value is -2.60. The summed E-state index contributed by atoms with van der Waals surface area (Å²) in [6, 6.07) is 10.5. The summed E-state index contributed by atoms with van der Waals surface area (Å²) in [4.78, 5) is 14.5. The lowest BCUT2D eigenvalue weighted by Crippen LogP contribution is -2.48. The van der Waals surface area contributed by atoms with Crippen LogP contribution >= 0.6 is 0 Å². The van der Waals surface area contributed by atoms with Gasteiger partial charge in [0.05, 0.1) is 24.7 Å². The number of hydrogen-bond acceptors (Lipinski definition) is 9. The van der Waals surface area contributed by atoms with E-state index in [1.165, 1.54) is 0 Å². The van der Waals surface area contributed by atoms with Crippen LogP contribution < -0.4 is 14.2 Å². The van der Waals surface area contributed by atoms with Crippen molar-refractivity contribution in [3.05, 3.63) is 43.0 Å². The number of nitrogens with zero attached hydrogens (tertiary/aromatic N) is 4. The van der Waals surface area contributed by atoms with E-state index in [-0.39, 0.29) is 38.6 Å². The normalized spacial score (nSPS) is 19.3. The molecule has 3 atom stereocenters. The molecule has 0 radical (unpaired) electrons. The zero-order chi connectivity index (χ0) is 43.7. The van der Waals surface area contributed by atoms with Crippen LogP contribution in [-0.2, 0) is 13.6 Å². The minimum Gasteiger partial charge on any atom is -0.541 e. The van der Waals surface area contributed by atoms with E-state index in [0.29, 0.717) is 30.0 Å². The molecule has 58 heavy (non-hydrogen) atoms. The second-order valence-corrected chi connectivity index (χ2v) is 41.6. The van der Waals surface area contributed by atoms with E-state index in [1.807, 2.05) is 10.9 Å². The lowest BCUT2D eigenvalue weighted by Gasteiger charge is -2.40. The number of fused-ring (bicyclic) bond motifs is 2. The molecule has 0 bridgehead atoms. The summed E-state index contributed by atoms with van der Waals surface area (Å²) >= 11 is 0. The van der Waals surface area contributed by atoms with Crippen LogP contribution in [0.25, 0.3) is 21.9 Å². The van der Waals surface area contributed by atoms with E-state index in [9.17, 15) is 0 Å². The molecular weight excluding hydrogens is 791 g/mol. The number of anilines is 2. The fraction of sp³-hybridized carbons (Fsp3) is 0.659. The maximum Gasteiger partial charge on any atom is 0.250 e. The minimum atomic E-state index is -2.28. The second-order valence-electron chi connectivity index (χ2n) is 22.5. The van der Waals surface area contributed by atoms with Crippen LogP contribution in [0.1, 0.15) is 95.7 Å². The molecule has 2 aromatic heterocycles. The van der Waals surface area contributed by atoms with Crippen molar-refractivity contribution in [2.45, 2.75) is 180 Å². The van der Waals surface area contributed by atoms with Crippen LogP contribution in [-0.4, -0.2) is 71.6 Å². The highest BCUT2D eigenvalue weighted by Crippen LogP contribution is 2.49. The number of imidazole rings is 1. The molecule has 1 aliphatic rings. The molecule has 0 aliphatic carbocycles. The molecule has 1 fully saturated rings. The molecule has 0 amide bonds. The van der Waals surface area contributed by atoms with Crippen LogP contribution in [0.2, 0.25) is 72.5 Å². The number of nitrogens with one attached hydrogen (secondary N) is 1. The third-order valence-corrected chi connectivity index (χ3v) is 31.7. The Morgan fingerprint density at radius 3 is 1.83 bits per heavy atom. The predicted octanol–water partition coefficient (Wildman–Crippen LogP) is 13.2. The molecule has 3 heterocycles. The van der Waals surface area contributed by atoms with Gasteiger partial charge in [0.15, 0.2) is 39.4 Å². The van der Waals surface area contributed by atoms with Gasteiger partial charge >= 0.3 is 0 Å². The van der Waals surface area contributed by atoms with Crippen molar-refractivity contribution >= 4 is 66.7 Å². The highest BCUT2D eigenvalue weighted by atomic mass is 28.4. The van der Waals surface area contributed by atoms with Gasteiger partial charge in [0, 0.05) is 23.3 Å². The molecule has 0 spiro atoms. The summed E-state index contributed by atoms with van der Waals surface area (Å²) in [6.07, 6.45) is 3.44. The van der Waals surface area contributed by atoms with Crippen LogP contribution in [0.5, 0.6) is 11.5 Å². The number of aromatic nitrogens is 4. The lowest BCUT2D eigenvalue weighted by molar-refractivity contribution is -0.0383. The summed E-state index contributed by atoms with van der Waals surface area (Å²) in [6.45, 7) is 46.1. The maximum atomic E-state index is 7.16. The van der Waals surface area contributed by atoms with Crippen molar-refractivity contribution < 1.29 is 22.4 Å². The summed E-state index contributed by atoms with van der Waals surface area (Å²) in [5, 5.41) is 5.83. The zero-order valence-electron chi connectivity index (χ0n) is 39.5. The summed E-state index contributed by atoms with van der Waals surface area (Å²) in [5.41, 5.74) is 2.22. The summed E-state index contributed by atoms with van der Waals surface area (Å²) in [5.74, 6) is 2.18. The minimum absolute atomic E-state index is 0.00233. The van der Waals surface area contributed by atoms with Crippen LogP contribution in [0.3, 0.4) is 0 Å². The van der Waals surface area contributed by atoms with Gasteiger partial charge in [0.1, 0.15) is 24.4 Å². The first-order chi connectivity index (χ1) is 26.3. The Bertz CT molecular complexity index is 2090. The Labute approximate surface area is 354 Å². The summed E-state index contributed by atoms with van der Waals surface area (Å²) < 4.78 is 37.1. The SMILES string of the molecule is CC(C)(C)[Si](C)(C)OC[C@H]1O[C@@H](n2cnc3c(Nc4cc(O[Si](C)(C)C(C)(C)C)c(O[Si](C)(C)C(C)(C)C)c5ccccc45)ncnc32)C[C@@H]1O[Si](C)(C)C(C)(C)C. The number of rotatable bonds is 12. The largest absolute Gasteiger partial charge is 0.541 e. The first-order valence-electron chi connectivity index (χ1n) is 21.1. The fourth-order valence-electron chi connectivity index (χ4n) is 5.93. The third kappa shape index (κ3) is 9.47. The van der Waals surface area contributed by atoms with Gasteiger partial charge < -0.3 is 27.8 Å². The van der Waals surface area contributed by atoms with E-state index < -0.39 is 33.3 Å². The molecule has 1 N–H and O–H groups in total. The smallest absolute Gasteiger partial charge is 0.250 e. The van der Waals surface area contributed by atoms with Crippen molar-refractivity contribution in [2.24, 2.45) is 0 Å². The van der Waals surface area contributed by atoms with Crippen LogP contribution in [0.4, 0.5) is 11.5 Å². The first kappa shape index (κ1) is 46.5. The highest BCUT2D eigenvalue weighted by Gasteiger charge is 2.47. The fourth-order valence-corrected chi connectivity index (χ4v) is 10.3. The van der Waals surface area contributed by atoms with Gasteiger partial charge in [-0.15, -0.1) is 0 Å². The second kappa shape index (κ2) is 15.7. The summed E-state index contributed by atoms with van der Waals surface area (Å²) in [7, 11) is -8.69. The predicted molar refractivity (Wildman–Crippen MR) is 252 cm³/mol. The highest BCUT2D eigenvalue weighted by molar-refractivity contribution is 6.76. The Morgan fingerprint density at radius 1 is 0.707 bits per heavy atom. The van der Waals surface area contributed by atoms with E-state index in [1.54, 1.807) is 6.33 Å². The number of ether oxygens (including phenoxy) is 1. The molecule has 2 aromatic carbocycles. The average molecular weight is 866 g/mol. The first-order valence-corrected chi connectivity index (χ1v) is 32.8. The zero-order valence-corrected chi connectivity index (χ0v) is 43.5. The molecule has 0 unspecified atom stereocenters. The van der Waals surface area contributed by atoms with Gasteiger partial charge in [-0.1, -0.05) is 107 Å². The van der Waals surface area contributed by atoms with Crippen molar-refractivity contribution in [2.75, 3.05) is 11.9 Å². The number of benzene rings is 2. The molecule has 10 nitrogen and oxygen atoms in total. The Balaban J connectivity index is 1.56. The Kier molecular flexibility index (Phi) is 12.6. The molecule has 5 rings (SSSR count). The average Bonchev–Trinajstić information content (AvgIpc) is 3.67. The van der Waals surface area contributed by atoms with Gasteiger partial charge in [-0.05, 0) is 72.5 Å². The maximum absolute atomic E-state index is 7.16.